The molecule has 0 N–H and O–H groups in total. The quantitative estimate of drug-likeness (QED) is 0.243. The Morgan fingerprint density at radius 3 is 1.77 bits per heavy atom. The Morgan fingerprint density at radius 1 is 0.615 bits per heavy atom. The van der Waals surface area contributed by atoms with Crippen molar-refractivity contribution in [1.82, 2.24) is 4.98 Å². The van der Waals surface area contributed by atoms with Gasteiger partial charge in [0.25, 0.3) is 0 Å². The van der Waals surface area contributed by atoms with Gasteiger partial charge in [0.2, 0.25) is 0 Å². The van der Waals surface area contributed by atoms with Crippen molar-refractivity contribution in [3.63, 3.8) is 0 Å². The van der Waals surface area contributed by atoms with Crippen molar-refractivity contribution in [2.45, 2.75) is 33.1 Å². The highest BCUT2D eigenvalue weighted by Gasteiger charge is 2.54. The van der Waals surface area contributed by atoms with Gasteiger partial charge in [0.15, 0.2) is 0 Å². The first-order valence-corrected chi connectivity index (χ1v) is 13.9. The van der Waals surface area contributed by atoms with Crippen LogP contribution in [0.25, 0.3) is 11.1 Å². The summed E-state index contributed by atoms with van der Waals surface area (Å²) in [4.78, 5) is 7.50. The minimum Gasteiger partial charge on any atom is -0.309 e. The molecule has 2 heterocycles. The molecule has 39 heavy (non-hydrogen) atoms. The molecule has 1 aromatic heterocycles. The highest BCUT2D eigenvalue weighted by molar-refractivity contribution is 6.09. The minimum absolute atomic E-state index is 0.332. The first kappa shape index (κ1) is 23.7. The monoisotopic (exact) mass is 504 g/mol. The predicted octanol–water partition coefficient (Wildman–Crippen LogP) is 9.40. The molecule has 4 aromatic carbocycles. The van der Waals surface area contributed by atoms with Gasteiger partial charge in [0.1, 0.15) is 0 Å². The molecule has 2 aliphatic rings. The average Bonchev–Trinajstić information content (AvgIpc) is 3.27. The molecule has 0 fully saturated rings. The number of rotatable bonds is 3. The van der Waals surface area contributed by atoms with Crippen LogP contribution in [0.5, 0.6) is 0 Å². The highest BCUT2D eigenvalue weighted by atomic mass is 15.2. The summed E-state index contributed by atoms with van der Waals surface area (Å²) in [6.07, 6.45) is 1.93. The SMILES string of the molecule is Cc1cccc(C)c1N1c2ccccc2C2(C(c3ccccn3)=C(C(C)C)c3ccccc32)c2ccccc21. The fraction of sp³-hybridized carbons (Fsp3) is 0.162. The maximum Gasteiger partial charge on any atom is 0.0772 e. The van der Waals surface area contributed by atoms with E-state index in [1.54, 1.807) is 0 Å². The van der Waals surface area contributed by atoms with E-state index in [2.05, 4.69) is 136 Å². The molecule has 5 aromatic rings. The first-order valence-electron chi connectivity index (χ1n) is 13.9. The Labute approximate surface area is 231 Å². The Morgan fingerprint density at radius 2 is 1.18 bits per heavy atom. The van der Waals surface area contributed by atoms with Crippen LogP contribution < -0.4 is 4.90 Å². The topological polar surface area (TPSA) is 16.1 Å². The number of pyridine rings is 1. The number of para-hydroxylation sites is 3. The van der Waals surface area contributed by atoms with Crippen molar-refractivity contribution >= 4 is 28.2 Å². The summed E-state index contributed by atoms with van der Waals surface area (Å²) in [5.41, 5.74) is 14.8. The van der Waals surface area contributed by atoms with Gasteiger partial charge >= 0.3 is 0 Å². The number of benzene rings is 4. The Balaban J connectivity index is 1.69. The van der Waals surface area contributed by atoms with Gasteiger partial charge in [-0.25, -0.2) is 0 Å². The summed E-state index contributed by atoms with van der Waals surface area (Å²) in [5.74, 6) is 0.332. The normalized spacial score (nSPS) is 14.9. The fourth-order valence-electron chi connectivity index (χ4n) is 7.16. The van der Waals surface area contributed by atoms with Crippen LogP contribution in [0.4, 0.5) is 17.1 Å². The van der Waals surface area contributed by atoms with E-state index in [9.17, 15) is 0 Å². The van der Waals surface area contributed by atoms with Gasteiger partial charge in [0.05, 0.1) is 28.2 Å². The van der Waals surface area contributed by atoms with E-state index in [0.717, 1.165) is 5.69 Å². The van der Waals surface area contributed by atoms with Gasteiger partial charge in [-0.1, -0.05) is 98.8 Å². The second kappa shape index (κ2) is 8.81. The second-order valence-corrected chi connectivity index (χ2v) is 11.1. The number of hydrogen-bond acceptors (Lipinski definition) is 2. The summed E-state index contributed by atoms with van der Waals surface area (Å²) < 4.78 is 0. The van der Waals surface area contributed by atoms with E-state index >= 15 is 0 Å². The number of allylic oxidation sites excluding steroid dienone is 2. The van der Waals surface area contributed by atoms with Crippen LogP contribution in [0.3, 0.4) is 0 Å². The van der Waals surface area contributed by atoms with Crippen LogP contribution in [0.15, 0.2) is 115 Å². The maximum atomic E-state index is 5.01. The molecule has 0 radical (unpaired) electrons. The maximum absolute atomic E-state index is 5.01. The fourth-order valence-corrected chi connectivity index (χ4v) is 7.16. The van der Waals surface area contributed by atoms with E-state index in [1.165, 1.54) is 61.6 Å². The van der Waals surface area contributed by atoms with Crippen LogP contribution in [0.1, 0.15) is 52.9 Å². The van der Waals surface area contributed by atoms with Crippen LogP contribution in [0.2, 0.25) is 0 Å². The number of nitrogens with zero attached hydrogens (tertiary/aromatic N) is 2. The van der Waals surface area contributed by atoms with Crippen LogP contribution >= 0.6 is 0 Å². The molecule has 0 bridgehead atoms. The van der Waals surface area contributed by atoms with Crippen LogP contribution in [-0.2, 0) is 5.41 Å². The summed E-state index contributed by atoms with van der Waals surface area (Å²) in [5, 5.41) is 0. The number of aryl methyl sites for hydroxylation is 2. The lowest BCUT2D eigenvalue weighted by Crippen LogP contribution is -2.37. The van der Waals surface area contributed by atoms with Gasteiger partial charge in [-0.05, 0) is 83.0 Å². The van der Waals surface area contributed by atoms with Gasteiger partial charge < -0.3 is 4.90 Å². The van der Waals surface area contributed by atoms with Crippen molar-refractivity contribution in [2.75, 3.05) is 4.90 Å². The van der Waals surface area contributed by atoms with Crippen molar-refractivity contribution in [3.8, 4) is 0 Å². The molecule has 0 saturated carbocycles. The third-order valence-electron chi connectivity index (χ3n) is 8.52. The lowest BCUT2D eigenvalue weighted by Gasteiger charge is -2.46. The average molecular weight is 505 g/mol. The molecule has 2 nitrogen and oxygen atoms in total. The molecular formula is C37H32N2. The summed E-state index contributed by atoms with van der Waals surface area (Å²) >= 11 is 0. The van der Waals surface area contributed by atoms with Crippen molar-refractivity contribution in [1.29, 1.82) is 0 Å². The van der Waals surface area contributed by atoms with Gasteiger partial charge in [0, 0.05) is 11.8 Å². The second-order valence-electron chi connectivity index (χ2n) is 11.1. The standard InChI is InChI=1S/C37H32N2/c1-24(2)34-27-16-5-6-17-28(27)37(35(34)31-20-11-12-23-38-31)29-18-7-9-21-32(29)39(33-22-10-8-19-30(33)37)36-25(3)14-13-15-26(36)4/h5-24H,1-4H3. The lowest BCUT2D eigenvalue weighted by atomic mass is 9.63. The van der Waals surface area contributed by atoms with Crippen molar-refractivity contribution < 1.29 is 0 Å². The molecule has 1 aliphatic carbocycles. The van der Waals surface area contributed by atoms with E-state index in [-0.39, 0.29) is 0 Å². The Hall–Kier alpha value is -4.43. The molecule has 190 valence electrons. The molecule has 2 heteroatoms. The molecule has 7 rings (SSSR count). The summed E-state index contributed by atoms with van der Waals surface area (Å²) in [6, 6.07) is 40.0. The number of hydrogen-bond donors (Lipinski definition) is 0. The van der Waals surface area contributed by atoms with E-state index in [1.807, 2.05) is 12.3 Å². The molecule has 0 saturated heterocycles. The number of fused-ring (bicyclic) bond motifs is 6. The summed E-state index contributed by atoms with van der Waals surface area (Å²) in [6.45, 7) is 9.08. The van der Waals surface area contributed by atoms with Gasteiger partial charge in [-0.2, -0.15) is 0 Å². The molecular weight excluding hydrogens is 472 g/mol. The van der Waals surface area contributed by atoms with Crippen LogP contribution in [0, 0.1) is 19.8 Å². The molecule has 0 unspecified atom stereocenters. The zero-order chi connectivity index (χ0) is 26.7. The minimum atomic E-state index is -0.481. The largest absolute Gasteiger partial charge is 0.309 e. The molecule has 0 amide bonds. The zero-order valence-corrected chi connectivity index (χ0v) is 22.9. The molecule has 1 spiro atoms. The van der Waals surface area contributed by atoms with E-state index in [4.69, 9.17) is 4.98 Å². The molecule has 0 atom stereocenters. The number of anilines is 3. The highest BCUT2D eigenvalue weighted by Crippen LogP contribution is 2.65. The van der Waals surface area contributed by atoms with Crippen LogP contribution in [-0.4, -0.2) is 4.98 Å². The van der Waals surface area contributed by atoms with Gasteiger partial charge in [-0.3, -0.25) is 4.98 Å². The number of aromatic nitrogens is 1. The Kier molecular flexibility index (Phi) is 5.35. The predicted molar refractivity (Wildman–Crippen MR) is 163 cm³/mol. The van der Waals surface area contributed by atoms with E-state index < -0.39 is 5.41 Å². The summed E-state index contributed by atoms with van der Waals surface area (Å²) in [7, 11) is 0. The molecule has 1 aliphatic heterocycles. The van der Waals surface area contributed by atoms with Crippen molar-refractivity contribution in [2.24, 2.45) is 5.92 Å². The zero-order valence-electron chi connectivity index (χ0n) is 22.9. The lowest BCUT2D eigenvalue weighted by molar-refractivity contribution is 0.787. The first-order chi connectivity index (χ1) is 19.0. The van der Waals surface area contributed by atoms with Crippen molar-refractivity contribution in [3.05, 3.63) is 154 Å². The Bertz CT molecular complexity index is 1690. The smallest absolute Gasteiger partial charge is 0.0772 e. The van der Waals surface area contributed by atoms with Gasteiger partial charge in [-0.15, -0.1) is 0 Å². The third kappa shape index (κ3) is 3.18. The third-order valence-corrected chi connectivity index (χ3v) is 8.52. The van der Waals surface area contributed by atoms with E-state index in [0.29, 0.717) is 5.92 Å².